The number of aromatic nitrogens is 1. The Morgan fingerprint density at radius 1 is 1.29 bits per heavy atom. The lowest BCUT2D eigenvalue weighted by Gasteiger charge is -2.22. The maximum absolute atomic E-state index is 12.4. The Morgan fingerprint density at radius 2 is 1.95 bits per heavy atom. The van der Waals surface area contributed by atoms with Crippen LogP contribution in [0.1, 0.15) is 27.2 Å². The van der Waals surface area contributed by atoms with Crippen molar-refractivity contribution in [2.24, 2.45) is 0 Å². The summed E-state index contributed by atoms with van der Waals surface area (Å²) in [5, 5.41) is 10.5. The van der Waals surface area contributed by atoms with Crippen molar-refractivity contribution in [3.8, 4) is 0 Å². The molecule has 0 amide bonds. The van der Waals surface area contributed by atoms with E-state index in [9.17, 15) is 13.5 Å². The molecule has 2 aromatic rings. The molecule has 5 nitrogen and oxygen atoms in total. The van der Waals surface area contributed by atoms with Crippen molar-refractivity contribution in [2.45, 2.75) is 43.8 Å². The highest BCUT2D eigenvalue weighted by atomic mass is 32.2. The minimum absolute atomic E-state index is 0.0446. The van der Waals surface area contributed by atoms with Gasteiger partial charge in [-0.2, -0.15) is 8.42 Å². The molecule has 1 heterocycles. The molecule has 21 heavy (non-hydrogen) atoms. The average molecular weight is 309 g/mol. The van der Waals surface area contributed by atoms with Crippen molar-refractivity contribution < 1.29 is 17.7 Å². The van der Waals surface area contributed by atoms with Crippen LogP contribution in [-0.4, -0.2) is 30.2 Å². The van der Waals surface area contributed by atoms with E-state index in [1.54, 1.807) is 51.2 Å². The first-order valence-corrected chi connectivity index (χ1v) is 8.09. The maximum atomic E-state index is 12.4. The van der Waals surface area contributed by atoms with Crippen LogP contribution in [-0.2, 0) is 14.3 Å². The monoisotopic (exact) mass is 309 g/mol. The van der Waals surface area contributed by atoms with Crippen LogP contribution in [0.4, 0.5) is 0 Å². The molecule has 114 valence electrons. The van der Waals surface area contributed by atoms with Crippen molar-refractivity contribution in [1.82, 2.24) is 4.98 Å². The van der Waals surface area contributed by atoms with Crippen LogP contribution in [0.15, 0.2) is 41.4 Å². The molecule has 0 aliphatic rings. The van der Waals surface area contributed by atoms with E-state index in [-0.39, 0.29) is 11.3 Å². The Morgan fingerprint density at radius 3 is 2.62 bits per heavy atom. The molecule has 6 heteroatoms. The topological polar surface area (TPSA) is 76.5 Å². The molecule has 0 fully saturated rings. The summed E-state index contributed by atoms with van der Waals surface area (Å²) in [6.07, 6.45) is 1.13. The fourth-order valence-electron chi connectivity index (χ4n) is 2.28. The second-order valence-electron chi connectivity index (χ2n) is 5.71. The SMILES string of the molecule is CC(CC(C)(C)O)OS(=O)(=O)c1cccc2cccnc12. The van der Waals surface area contributed by atoms with Crippen LogP contribution < -0.4 is 0 Å². The second-order valence-corrected chi connectivity index (χ2v) is 7.25. The minimum atomic E-state index is -3.93. The summed E-state index contributed by atoms with van der Waals surface area (Å²) in [6.45, 7) is 4.84. The maximum Gasteiger partial charge on any atom is 0.299 e. The molecule has 1 atom stereocenters. The fraction of sp³-hybridized carbons (Fsp3) is 0.400. The predicted octanol–water partition coefficient (Wildman–Crippen LogP) is 2.49. The lowest BCUT2D eigenvalue weighted by atomic mass is 10.0. The van der Waals surface area contributed by atoms with Gasteiger partial charge in [-0.1, -0.05) is 18.2 Å². The highest BCUT2D eigenvalue weighted by molar-refractivity contribution is 7.87. The van der Waals surface area contributed by atoms with Crippen molar-refractivity contribution >= 4 is 21.0 Å². The van der Waals surface area contributed by atoms with Crippen molar-refractivity contribution in [1.29, 1.82) is 0 Å². The van der Waals surface area contributed by atoms with Crippen LogP contribution in [0.5, 0.6) is 0 Å². The molecule has 0 aliphatic heterocycles. The molecular formula is C15H19NO4S. The van der Waals surface area contributed by atoms with Crippen LogP contribution >= 0.6 is 0 Å². The summed E-state index contributed by atoms with van der Waals surface area (Å²) in [7, 11) is -3.93. The molecule has 2 rings (SSSR count). The summed E-state index contributed by atoms with van der Waals surface area (Å²) < 4.78 is 30.0. The third-order valence-electron chi connectivity index (χ3n) is 2.94. The van der Waals surface area contributed by atoms with E-state index < -0.39 is 21.8 Å². The van der Waals surface area contributed by atoms with Gasteiger partial charge in [0.05, 0.1) is 17.2 Å². The average Bonchev–Trinajstić information content (AvgIpc) is 2.35. The first-order chi connectivity index (χ1) is 9.69. The van der Waals surface area contributed by atoms with E-state index in [1.807, 2.05) is 0 Å². The van der Waals surface area contributed by atoms with E-state index in [0.717, 1.165) is 5.39 Å². The van der Waals surface area contributed by atoms with Crippen LogP contribution in [0.3, 0.4) is 0 Å². The van der Waals surface area contributed by atoms with Crippen LogP contribution in [0.2, 0.25) is 0 Å². The Labute approximate surface area is 124 Å². The zero-order valence-electron chi connectivity index (χ0n) is 12.3. The molecular weight excluding hydrogens is 290 g/mol. The predicted molar refractivity (Wildman–Crippen MR) is 80.4 cm³/mol. The van der Waals surface area contributed by atoms with Gasteiger partial charge in [0.1, 0.15) is 4.90 Å². The second kappa shape index (κ2) is 5.71. The van der Waals surface area contributed by atoms with Gasteiger partial charge in [-0.25, -0.2) is 0 Å². The van der Waals surface area contributed by atoms with E-state index >= 15 is 0 Å². The molecule has 1 aromatic carbocycles. The van der Waals surface area contributed by atoms with Gasteiger partial charge in [-0.15, -0.1) is 0 Å². The molecule has 0 saturated carbocycles. The first kappa shape index (κ1) is 15.9. The summed E-state index contributed by atoms with van der Waals surface area (Å²) in [4.78, 5) is 4.17. The number of aliphatic hydroxyl groups is 1. The van der Waals surface area contributed by atoms with Crippen LogP contribution in [0, 0.1) is 0 Å². The number of para-hydroxylation sites is 1. The molecule has 0 aliphatic carbocycles. The van der Waals surface area contributed by atoms with Gasteiger partial charge in [-0.05, 0) is 32.9 Å². The van der Waals surface area contributed by atoms with Gasteiger partial charge in [-0.3, -0.25) is 9.17 Å². The standard InChI is InChI=1S/C15H19NO4S/c1-11(10-15(2,3)17)20-21(18,19)13-8-4-6-12-7-5-9-16-14(12)13/h4-9,11,17H,10H2,1-3H3. The van der Waals surface area contributed by atoms with Gasteiger partial charge in [0, 0.05) is 18.0 Å². The summed E-state index contributed by atoms with van der Waals surface area (Å²) in [5.74, 6) is 0. The third-order valence-corrected chi connectivity index (χ3v) is 4.39. The van der Waals surface area contributed by atoms with Crippen molar-refractivity contribution in [3.63, 3.8) is 0 Å². The number of nitrogens with zero attached hydrogens (tertiary/aromatic N) is 1. The summed E-state index contributed by atoms with van der Waals surface area (Å²) >= 11 is 0. The van der Waals surface area contributed by atoms with E-state index in [4.69, 9.17) is 4.18 Å². The van der Waals surface area contributed by atoms with Gasteiger partial charge in [0.2, 0.25) is 0 Å². The Kier molecular flexibility index (Phi) is 4.32. The van der Waals surface area contributed by atoms with Gasteiger partial charge >= 0.3 is 0 Å². The normalized spacial score (nSPS) is 14.3. The fourth-order valence-corrected chi connectivity index (χ4v) is 3.54. The summed E-state index contributed by atoms with van der Waals surface area (Å²) in [5.41, 5.74) is -0.609. The summed E-state index contributed by atoms with van der Waals surface area (Å²) in [6, 6.07) is 8.46. The van der Waals surface area contributed by atoms with E-state index in [0.29, 0.717) is 5.52 Å². The number of pyridine rings is 1. The number of fused-ring (bicyclic) bond motifs is 1. The van der Waals surface area contributed by atoms with Crippen LogP contribution in [0.25, 0.3) is 10.9 Å². The van der Waals surface area contributed by atoms with Gasteiger partial charge < -0.3 is 5.11 Å². The third kappa shape index (κ3) is 4.00. The largest absolute Gasteiger partial charge is 0.390 e. The van der Waals surface area contributed by atoms with Crippen molar-refractivity contribution in [3.05, 3.63) is 36.5 Å². The van der Waals surface area contributed by atoms with Crippen molar-refractivity contribution in [2.75, 3.05) is 0 Å². The van der Waals surface area contributed by atoms with Gasteiger partial charge in [0.25, 0.3) is 10.1 Å². The molecule has 0 spiro atoms. The Bertz CT molecular complexity index is 729. The highest BCUT2D eigenvalue weighted by Gasteiger charge is 2.25. The smallest absolute Gasteiger partial charge is 0.299 e. The number of benzene rings is 1. The molecule has 0 radical (unpaired) electrons. The molecule has 1 unspecified atom stereocenters. The lowest BCUT2D eigenvalue weighted by Crippen LogP contribution is -2.28. The highest BCUT2D eigenvalue weighted by Crippen LogP contribution is 2.24. The Balaban J connectivity index is 2.34. The van der Waals surface area contributed by atoms with Gasteiger partial charge in [0.15, 0.2) is 0 Å². The molecule has 1 N–H and O–H groups in total. The molecule has 0 saturated heterocycles. The molecule has 0 bridgehead atoms. The number of hydrogen-bond donors (Lipinski definition) is 1. The first-order valence-electron chi connectivity index (χ1n) is 6.68. The lowest BCUT2D eigenvalue weighted by molar-refractivity contribution is 0.0343. The zero-order valence-corrected chi connectivity index (χ0v) is 13.1. The number of hydrogen-bond acceptors (Lipinski definition) is 5. The van der Waals surface area contributed by atoms with E-state index in [1.165, 1.54) is 6.07 Å². The zero-order chi connectivity index (χ0) is 15.7. The molecule has 1 aromatic heterocycles. The van der Waals surface area contributed by atoms with E-state index in [2.05, 4.69) is 4.98 Å². The number of rotatable bonds is 5. The minimum Gasteiger partial charge on any atom is -0.390 e. The Hall–Kier alpha value is -1.50. The quantitative estimate of drug-likeness (QED) is 0.859.